The second-order valence-electron chi connectivity index (χ2n) is 19.8. The molecule has 0 atom stereocenters. The van der Waals surface area contributed by atoms with Crippen molar-refractivity contribution in [3.8, 4) is 0 Å². The van der Waals surface area contributed by atoms with Gasteiger partial charge in [0.05, 0.1) is 0 Å². The van der Waals surface area contributed by atoms with Crippen LogP contribution in [0.1, 0.15) is 136 Å². The lowest BCUT2D eigenvalue weighted by atomic mass is 9.61. The molecule has 350 valence electrons. The lowest BCUT2D eigenvalue weighted by molar-refractivity contribution is 0.712. The van der Waals surface area contributed by atoms with Crippen molar-refractivity contribution < 1.29 is 0 Å². The monoisotopic (exact) mass is 1150 g/mol. The summed E-state index contributed by atoms with van der Waals surface area (Å²) in [5, 5.41) is 0. The molecular formula is C61H34S12. The van der Waals surface area contributed by atoms with E-state index in [2.05, 4.69) is 196 Å². The average molecular weight is 1150 g/mol. The van der Waals surface area contributed by atoms with Crippen LogP contribution in [0.25, 0.3) is 0 Å². The Morgan fingerprint density at radius 3 is 0.521 bits per heavy atom. The number of hydrogen-bond acceptors (Lipinski definition) is 12. The van der Waals surface area contributed by atoms with Gasteiger partial charge in [-0.25, -0.2) is 0 Å². The Balaban J connectivity index is 0.959. The molecule has 16 bridgehead atoms. The van der Waals surface area contributed by atoms with Crippen LogP contribution in [0.2, 0.25) is 0 Å². The van der Waals surface area contributed by atoms with Crippen molar-refractivity contribution >= 4 is 130 Å². The quantitative estimate of drug-likeness (QED) is 0.133. The van der Waals surface area contributed by atoms with Crippen LogP contribution < -0.4 is 0 Å². The second-order valence-corrected chi connectivity index (χ2v) is 34.3. The Morgan fingerprint density at radius 2 is 0.342 bits per heavy atom. The van der Waals surface area contributed by atoms with E-state index < -0.39 is 0 Å². The predicted molar refractivity (Wildman–Crippen MR) is 323 cm³/mol. The maximum absolute atomic E-state index is 2.47. The van der Waals surface area contributed by atoms with Crippen molar-refractivity contribution in [2.45, 2.75) is 83.5 Å². The summed E-state index contributed by atoms with van der Waals surface area (Å²) in [6.07, 6.45) is 0. The van der Waals surface area contributed by atoms with Gasteiger partial charge in [-0.3, -0.25) is 0 Å². The van der Waals surface area contributed by atoms with E-state index >= 15 is 0 Å². The van der Waals surface area contributed by atoms with Crippen LogP contribution in [0, 0.1) is 0 Å². The summed E-state index contributed by atoms with van der Waals surface area (Å²) in [4.78, 5) is 12.6. The third kappa shape index (κ3) is 6.16. The molecule has 12 heteroatoms. The van der Waals surface area contributed by atoms with Crippen LogP contribution in [-0.2, 0) is 0 Å². The van der Waals surface area contributed by atoms with Gasteiger partial charge in [-0.2, -0.15) is 0 Å². The third-order valence-electron chi connectivity index (χ3n) is 16.6. The van der Waals surface area contributed by atoms with Gasteiger partial charge in [0.1, 0.15) is 3.91 Å². The average Bonchev–Trinajstić information content (AvgIpc) is 3.48. The molecular weight excluding hydrogens is 1120 g/mol. The molecule has 12 aliphatic rings. The first-order chi connectivity index (χ1) is 36.2. The molecule has 0 saturated carbocycles. The molecule has 0 spiro atoms. The number of hydrogen-bond donors (Lipinski definition) is 0. The molecule has 73 heavy (non-hydrogen) atoms. The summed E-state index contributed by atoms with van der Waals surface area (Å²) >= 11 is 0. The highest BCUT2D eigenvalue weighted by atomic mass is 33.2. The number of rotatable bonds is 0. The van der Waals surface area contributed by atoms with Crippen molar-refractivity contribution in [1.82, 2.24) is 0 Å². The van der Waals surface area contributed by atoms with Crippen molar-refractivity contribution in [2.24, 2.45) is 0 Å². The highest BCUT2D eigenvalue weighted by Gasteiger charge is 2.49. The van der Waals surface area contributed by atoms with Gasteiger partial charge in [0, 0.05) is 79.6 Å². The molecule has 0 radical (unpaired) electrons. The Morgan fingerprint density at radius 1 is 0.178 bits per heavy atom. The van der Waals surface area contributed by atoms with Crippen molar-refractivity contribution in [3.05, 3.63) is 264 Å². The predicted octanol–water partition coefficient (Wildman–Crippen LogP) is 20.9. The highest BCUT2D eigenvalue weighted by molar-refractivity contribution is 8.93. The smallest absolute Gasteiger partial charge is 0.0615 e. The zero-order chi connectivity index (χ0) is 47.2. The molecule has 0 saturated heterocycles. The van der Waals surface area contributed by atoms with E-state index in [0.29, 0.717) is 0 Å². The first-order valence-electron chi connectivity index (χ1n) is 24.4. The molecule has 9 aromatic rings. The van der Waals surface area contributed by atoms with E-state index in [1.807, 2.05) is 97.1 Å². The van der Waals surface area contributed by atoms with Gasteiger partial charge in [-0.05, 0) is 155 Å². The SMILES string of the molecule is c1cc2c3c(c1)C1c4cccc5c4C3c3c(cccc31)SSC1SSc3cccc4c3C3c6c(cccc6C4c4cccc(c43)SSc3cccc4c3C3c6c(cccc6C4c4cccc(c43)SS1)SS5)SS2. The van der Waals surface area contributed by atoms with Crippen molar-refractivity contribution in [1.29, 1.82) is 0 Å². The van der Waals surface area contributed by atoms with Gasteiger partial charge in [-0.1, -0.05) is 239 Å². The van der Waals surface area contributed by atoms with Gasteiger partial charge in [0.15, 0.2) is 0 Å². The molecule has 0 nitrogen and oxygen atoms in total. The van der Waals surface area contributed by atoms with E-state index in [-0.39, 0.29) is 39.4 Å². The summed E-state index contributed by atoms with van der Waals surface area (Å²) in [6.45, 7) is 0. The van der Waals surface area contributed by atoms with Gasteiger partial charge in [-0.15, -0.1) is 0 Å². The Hall–Kier alpha value is -2.82. The molecule has 0 unspecified atom stereocenters. The maximum Gasteiger partial charge on any atom is 0.127 e. The lowest BCUT2D eigenvalue weighted by Gasteiger charge is -2.45. The first kappa shape index (κ1) is 44.2. The lowest BCUT2D eigenvalue weighted by Crippen LogP contribution is -2.29. The minimum atomic E-state index is 0.115. The molecule has 3 heterocycles. The summed E-state index contributed by atoms with van der Waals surface area (Å²) in [6, 6.07) is 65.4. The van der Waals surface area contributed by atoms with Crippen LogP contribution in [0.3, 0.4) is 0 Å². The van der Waals surface area contributed by atoms with Gasteiger partial charge < -0.3 is 0 Å². The fourth-order valence-corrected chi connectivity index (χ4v) is 32.5. The minimum absolute atomic E-state index is 0.115. The molecule has 0 amide bonds. The van der Waals surface area contributed by atoms with E-state index in [9.17, 15) is 0 Å². The molecule has 9 aromatic carbocycles. The van der Waals surface area contributed by atoms with Gasteiger partial charge in [0.25, 0.3) is 0 Å². The fourth-order valence-electron chi connectivity index (χ4n) is 14.1. The summed E-state index contributed by atoms with van der Waals surface area (Å²) < 4.78 is 0.206. The van der Waals surface area contributed by atoms with Crippen LogP contribution in [-0.4, -0.2) is 3.91 Å². The van der Waals surface area contributed by atoms with E-state index in [1.165, 1.54) is 144 Å². The Bertz CT molecular complexity index is 3410. The van der Waals surface area contributed by atoms with Crippen LogP contribution >= 0.6 is 130 Å². The van der Waals surface area contributed by atoms with E-state index in [0.717, 1.165) is 0 Å². The Kier molecular flexibility index (Phi) is 10.2. The summed E-state index contributed by atoms with van der Waals surface area (Å²) in [5.41, 5.74) is 27.0. The largest absolute Gasteiger partial charge is 0.127 e. The van der Waals surface area contributed by atoms with Crippen LogP contribution in [0.5, 0.6) is 0 Å². The second kappa shape index (κ2) is 16.8. The topological polar surface area (TPSA) is 0 Å². The summed E-state index contributed by atoms with van der Waals surface area (Å²) in [5.74, 6) is 0.856. The molecule has 0 fully saturated rings. The minimum Gasteiger partial charge on any atom is -0.0615 e. The zero-order valence-corrected chi connectivity index (χ0v) is 47.8. The van der Waals surface area contributed by atoms with Gasteiger partial charge in [0.2, 0.25) is 0 Å². The standard InChI is InChI=1S/C61H34S12/c1-10-28-46-29-11-2-21-39-50(29)58-49(28)37(19-1)62-63-38-20-3-12-30-47-31-13-4-22-40-52(31)59(51(30)38)56-35(47)17-8-26-44(56)69-72-61(71-68-43-25-7-16-34(46)55(43)58)73-70-45-27-9-18-36-48-32-14-5-23-41(65-64-39)53(32)60(57(36)45)54-33(48)15-6-24-42(54)67-66-40/h1-27,46-48,58-61H. The first-order valence-corrected chi connectivity index (χ1v) is 37.5. The normalized spacial score (nSPS) is 23.9. The number of benzene rings is 9. The van der Waals surface area contributed by atoms with E-state index in [4.69, 9.17) is 0 Å². The summed E-state index contributed by atoms with van der Waals surface area (Å²) in [7, 11) is 24.3. The molecule has 3 aliphatic heterocycles. The van der Waals surface area contributed by atoms with Gasteiger partial charge >= 0.3 is 0 Å². The van der Waals surface area contributed by atoms with Crippen molar-refractivity contribution in [2.75, 3.05) is 0 Å². The zero-order valence-electron chi connectivity index (χ0n) is 38.0. The number of fused-ring (bicyclic) bond motifs is 3. The van der Waals surface area contributed by atoms with Crippen molar-refractivity contribution in [3.63, 3.8) is 0 Å². The molecule has 0 N–H and O–H groups in total. The Labute approximate surface area is 471 Å². The van der Waals surface area contributed by atoms with E-state index in [1.54, 1.807) is 0 Å². The highest BCUT2D eigenvalue weighted by Crippen LogP contribution is 2.70. The fraction of sp³-hybridized carbons (Fsp3) is 0.115. The third-order valence-corrected chi connectivity index (χ3v) is 34.6. The maximum atomic E-state index is 2.47. The van der Waals surface area contributed by atoms with Crippen LogP contribution in [0.15, 0.2) is 208 Å². The molecule has 21 rings (SSSR count). The molecule has 9 aliphatic carbocycles. The molecule has 0 aromatic heterocycles. The van der Waals surface area contributed by atoms with Crippen LogP contribution in [0.4, 0.5) is 0 Å².